The largest absolute Gasteiger partial charge is 0.349 e. The van der Waals surface area contributed by atoms with Crippen molar-refractivity contribution in [2.75, 3.05) is 13.1 Å². The molecule has 3 N–H and O–H groups in total. The zero-order chi connectivity index (χ0) is 15.0. The molecule has 0 atom stereocenters. The van der Waals surface area contributed by atoms with Crippen molar-refractivity contribution in [3.05, 3.63) is 11.8 Å². The molecule has 0 unspecified atom stereocenters. The Kier molecular flexibility index (Phi) is 6.74. The van der Waals surface area contributed by atoms with Crippen LogP contribution < -0.4 is 11.1 Å². The number of amides is 2. The third-order valence-electron chi connectivity index (χ3n) is 3.36. The van der Waals surface area contributed by atoms with Gasteiger partial charge in [-0.3, -0.25) is 9.59 Å². The highest BCUT2D eigenvalue weighted by atomic mass is 16.2. The Morgan fingerprint density at radius 3 is 2.55 bits per heavy atom. The van der Waals surface area contributed by atoms with Crippen molar-refractivity contribution in [1.29, 1.82) is 5.26 Å². The average Bonchev–Trinajstić information content (AvgIpc) is 2.44. The number of nitrogens with two attached hydrogens (primary N) is 1. The molecule has 1 aliphatic rings. The Balaban J connectivity index is 2.69. The van der Waals surface area contributed by atoms with E-state index in [2.05, 4.69) is 5.32 Å². The van der Waals surface area contributed by atoms with Gasteiger partial charge in [-0.1, -0.05) is 19.3 Å². The van der Waals surface area contributed by atoms with Crippen LogP contribution in [0.2, 0.25) is 0 Å². The zero-order valence-corrected chi connectivity index (χ0v) is 11.9. The van der Waals surface area contributed by atoms with Crippen LogP contribution in [0.4, 0.5) is 0 Å². The zero-order valence-electron chi connectivity index (χ0n) is 11.9. The smallest absolute Gasteiger partial charge is 0.263 e. The lowest BCUT2D eigenvalue weighted by molar-refractivity contribution is -0.126. The molecule has 0 spiro atoms. The molecule has 1 rings (SSSR count). The molecule has 1 aliphatic carbocycles. The average molecular weight is 278 g/mol. The van der Waals surface area contributed by atoms with Crippen LogP contribution in [0.15, 0.2) is 11.8 Å². The first kappa shape index (κ1) is 16.2. The molecule has 2 amide bonds. The Morgan fingerprint density at radius 1 is 1.40 bits per heavy atom. The van der Waals surface area contributed by atoms with E-state index in [0.29, 0.717) is 0 Å². The highest BCUT2D eigenvalue weighted by Gasteiger charge is 2.19. The van der Waals surface area contributed by atoms with Crippen LogP contribution in [-0.4, -0.2) is 35.8 Å². The van der Waals surface area contributed by atoms with E-state index in [1.54, 1.807) is 0 Å². The minimum atomic E-state index is -0.414. The van der Waals surface area contributed by atoms with Gasteiger partial charge in [-0.2, -0.15) is 5.26 Å². The SMILES string of the molecule is CC(=O)N(/C=C(/C#N)C(=O)NC1CCCCC1)CCN. The van der Waals surface area contributed by atoms with Crippen molar-refractivity contribution >= 4 is 11.8 Å². The van der Waals surface area contributed by atoms with Gasteiger partial charge in [-0.25, -0.2) is 0 Å². The first-order valence-corrected chi connectivity index (χ1v) is 6.98. The quantitative estimate of drug-likeness (QED) is 0.569. The normalized spacial score (nSPS) is 16.4. The summed E-state index contributed by atoms with van der Waals surface area (Å²) >= 11 is 0. The Bertz CT molecular complexity index is 419. The lowest BCUT2D eigenvalue weighted by Crippen LogP contribution is -2.38. The molecule has 0 aromatic rings. The van der Waals surface area contributed by atoms with Gasteiger partial charge in [-0.05, 0) is 12.8 Å². The summed E-state index contributed by atoms with van der Waals surface area (Å²) in [5.41, 5.74) is 5.35. The van der Waals surface area contributed by atoms with Crippen molar-refractivity contribution in [3.8, 4) is 6.07 Å². The van der Waals surface area contributed by atoms with E-state index in [-0.39, 0.29) is 30.6 Å². The standard InChI is InChI=1S/C14H22N4O2/c1-11(19)18(8-7-15)10-12(9-16)14(20)17-13-5-3-2-4-6-13/h10,13H,2-8,15H2,1H3,(H,17,20)/b12-10-. The van der Waals surface area contributed by atoms with E-state index in [0.717, 1.165) is 25.7 Å². The number of carbonyl (C=O) groups excluding carboxylic acids is 2. The summed E-state index contributed by atoms with van der Waals surface area (Å²) in [5.74, 6) is -0.656. The molecule has 1 saturated carbocycles. The molecular weight excluding hydrogens is 256 g/mol. The van der Waals surface area contributed by atoms with Crippen LogP contribution in [-0.2, 0) is 9.59 Å². The molecule has 0 aliphatic heterocycles. The van der Waals surface area contributed by atoms with Crippen LogP contribution >= 0.6 is 0 Å². The molecule has 0 aromatic heterocycles. The first-order valence-electron chi connectivity index (χ1n) is 6.98. The second-order valence-electron chi connectivity index (χ2n) is 4.96. The summed E-state index contributed by atoms with van der Waals surface area (Å²) in [6, 6.07) is 1.98. The molecule has 6 nitrogen and oxygen atoms in total. The summed E-state index contributed by atoms with van der Waals surface area (Å²) < 4.78 is 0. The lowest BCUT2D eigenvalue weighted by Gasteiger charge is -2.23. The molecule has 0 bridgehead atoms. The highest BCUT2D eigenvalue weighted by Crippen LogP contribution is 2.17. The predicted octanol–water partition coefficient (Wildman–Crippen LogP) is 0.650. The van der Waals surface area contributed by atoms with Gasteiger partial charge >= 0.3 is 0 Å². The minimum absolute atomic E-state index is 0.0563. The monoisotopic (exact) mass is 278 g/mol. The Labute approximate surface area is 119 Å². The third-order valence-corrected chi connectivity index (χ3v) is 3.36. The molecular formula is C14H22N4O2. The van der Waals surface area contributed by atoms with Gasteiger partial charge in [0.2, 0.25) is 5.91 Å². The summed E-state index contributed by atoms with van der Waals surface area (Å²) in [4.78, 5) is 24.7. The molecule has 0 aromatic carbocycles. The number of rotatable bonds is 5. The van der Waals surface area contributed by atoms with Crippen LogP contribution in [0.5, 0.6) is 0 Å². The van der Waals surface area contributed by atoms with Crippen LogP contribution in [0.25, 0.3) is 0 Å². The lowest BCUT2D eigenvalue weighted by atomic mass is 9.95. The third kappa shape index (κ3) is 5.02. The van der Waals surface area contributed by atoms with Crippen molar-refractivity contribution in [2.24, 2.45) is 5.73 Å². The van der Waals surface area contributed by atoms with E-state index in [1.807, 2.05) is 6.07 Å². The second-order valence-corrected chi connectivity index (χ2v) is 4.96. The maximum absolute atomic E-state index is 12.0. The minimum Gasteiger partial charge on any atom is -0.349 e. The fourth-order valence-corrected chi connectivity index (χ4v) is 2.26. The molecule has 6 heteroatoms. The predicted molar refractivity (Wildman–Crippen MR) is 75.2 cm³/mol. The molecule has 1 fully saturated rings. The number of carbonyl (C=O) groups is 2. The number of hydrogen-bond donors (Lipinski definition) is 2. The van der Waals surface area contributed by atoms with Crippen molar-refractivity contribution < 1.29 is 9.59 Å². The molecule has 0 radical (unpaired) electrons. The van der Waals surface area contributed by atoms with E-state index in [1.165, 1.54) is 24.4 Å². The second kappa shape index (κ2) is 8.33. The van der Waals surface area contributed by atoms with Gasteiger partial charge < -0.3 is 16.0 Å². The van der Waals surface area contributed by atoms with E-state index in [9.17, 15) is 9.59 Å². The molecule has 0 heterocycles. The number of nitriles is 1. The Hall–Kier alpha value is -1.87. The van der Waals surface area contributed by atoms with Crippen LogP contribution in [0.1, 0.15) is 39.0 Å². The fourth-order valence-electron chi connectivity index (χ4n) is 2.26. The van der Waals surface area contributed by atoms with E-state index < -0.39 is 5.91 Å². The Morgan fingerprint density at radius 2 is 2.05 bits per heavy atom. The van der Waals surface area contributed by atoms with Crippen molar-refractivity contribution in [2.45, 2.75) is 45.1 Å². The van der Waals surface area contributed by atoms with Gasteiger partial charge in [0, 0.05) is 32.3 Å². The first-order chi connectivity index (χ1) is 9.58. The molecule has 0 saturated heterocycles. The summed E-state index contributed by atoms with van der Waals surface area (Å²) in [5, 5.41) is 11.9. The fraction of sp³-hybridized carbons (Fsp3) is 0.643. The van der Waals surface area contributed by atoms with E-state index >= 15 is 0 Å². The highest BCUT2D eigenvalue weighted by molar-refractivity contribution is 5.97. The van der Waals surface area contributed by atoms with Crippen LogP contribution in [0.3, 0.4) is 0 Å². The van der Waals surface area contributed by atoms with Gasteiger partial charge in [-0.15, -0.1) is 0 Å². The maximum Gasteiger partial charge on any atom is 0.263 e. The molecule has 20 heavy (non-hydrogen) atoms. The maximum atomic E-state index is 12.0. The number of hydrogen-bond acceptors (Lipinski definition) is 4. The van der Waals surface area contributed by atoms with Crippen molar-refractivity contribution in [3.63, 3.8) is 0 Å². The number of nitrogens with one attached hydrogen (secondary N) is 1. The van der Waals surface area contributed by atoms with Gasteiger partial charge in [0.1, 0.15) is 11.6 Å². The summed E-state index contributed by atoms with van der Waals surface area (Å²) in [6.45, 7) is 1.94. The van der Waals surface area contributed by atoms with Gasteiger partial charge in [0.25, 0.3) is 5.91 Å². The van der Waals surface area contributed by atoms with Crippen LogP contribution in [0, 0.1) is 11.3 Å². The van der Waals surface area contributed by atoms with Gasteiger partial charge in [0.15, 0.2) is 0 Å². The summed E-state index contributed by atoms with van der Waals surface area (Å²) in [7, 11) is 0. The van der Waals surface area contributed by atoms with Crippen molar-refractivity contribution in [1.82, 2.24) is 10.2 Å². The van der Waals surface area contributed by atoms with Gasteiger partial charge in [0.05, 0.1) is 0 Å². The number of nitrogens with zero attached hydrogens (tertiary/aromatic N) is 2. The topological polar surface area (TPSA) is 99.2 Å². The summed E-state index contributed by atoms with van der Waals surface area (Å²) in [6.07, 6.45) is 6.58. The molecule has 110 valence electrons. The van der Waals surface area contributed by atoms with E-state index in [4.69, 9.17) is 11.0 Å².